The fourth-order valence-corrected chi connectivity index (χ4v) is 5.87. The van der Waals surface area contributed by atoms with E-state index in [1.54, 1.807) is 0 Å². The Hall–Kier alpha value is -3.06. The average Bonchev–Trinajstić information content (AvgIpc) is 3.22. The van der Waals surface area contributed by atoms with E-state index in [4.69, 9.17) is 9.47 Å². The molecule has 2 bridgehead atoms. The summed E-state index contributed by atoms with van der Waals surface area (Å²) in [6.45, 7) is 7.88. The van der Waals surface area contributed by atoms with Crippen molar-refractivity contribution in [3.63, 3.8) is 0 Å². The van der Waals surface area contributed by atoms with Crippen LogP contribution in [0.2, 0.25) is 0 Å². The molecule has 0 spiro atoms. The maximum Gasteiger partial charge on any atom is 0.407 e. The van der Waals surface area contributed by atoms with Crippen LogP contribution in [0.15, 0.2) is 42.6 Å². The predicted octanol–water partition coefficient (Wildman–Crippen LogP) is 4.52. The van der Waals surface area contributed by atoms with Crippen LogP contribution in [0.3, 0.4) is 0 Å². The first-order valence-electron chi connectivity index (χ1n) is 12.3. The number of alkyl carbamates (subject to hydrolysis) is 1. The van der Waals surface area contributed by atoms with E-state index in [0.29, 0.717) is 12.5 Å². The van der Waals surface area contributed by atoms with E-state index in [2.05, 4.69) is 65.6 Å². The molecule has 3 saturated heterocycles. The Morgan fingerprint density at radius 1 is 1.21 bits per heavy atom. The second-order valence-corrected chi connectivity index (χ2v) is 10.7. The van der Waals surface area contributed by atoms with Gasteiger partial charge in [0.25, 0.3) is 0 Å². The summed E-state index contributed by atoms with van der Waals surface area (Å²) in [5.74, 6) is 1.30. The Morgan fingerprint density at radius 3 is 2.79 bits per heavy atom. The van der Waals surface area contributed by atoms with E-state index in [-0.39, 0.29) is 23.7 Å². The molecule has 178 valence electrons. The maximum absolute atomic E-state index is 13.0. The highest BCUT2D eigenvalue weighted by atomic mass is 16.6. The van der Waals surface area contributed by atoms with Crippen LogP contribution in [-0.2, 0) is 11.8 Å². The van der Waals surface area contributed by atoms with Crippen molar-refractivity contribution >= 4 is 17.0 Å². The number of rotatable bonds is 3. The van der Waals surface area contributed by atoms with Crippen molar-refractivity contribution < 1.29 is 14.3 Å². The maximum atomic E-state index is 13.0. The first-order valence-corrected chi connectivity index (χ1v) is 12.3. The monoisotopic (exact) mass is 460 g/mol. The number of ether oxygens (including phenoxy) is 2. The zero-order valence-corrected chi connectivity index (χ0v) is 20.1. The van der Waals surface area contributed by atoms with E-state index in [9.17, 15) is 4.79 Å². The zero-order chi connectivity index (χ0) is 23.4. The molecule has 3 fully saturated rings. The van der Waals surface area contributed by atoms with E-state index in [1.807, 2.05) is 17.9 Å². The van der Waals surface area contributed by atoms with Gasteiger partial charge in [-0.2, -0.15) is 5.10 Å². The van der Waals surface area contributed by atoms with Crippen molar-refractivity contribution in [2.24, 2.45) is 18.4 Å². The van der Waals surface area contributed by atoms with Crippen LogP contribution in [0.1, 0.15) is 38.3 Å². The van der Waals surface area contributed by atoms with Crippen molar-refractivity contribution in [1.82, 2.24) is 20.0 Å². The van der Waals surface area contributed by atoms with Crippen LogP contribution in [0.25, 0.3) is 22.0 Å². The summed E-state index contributed by atoms with van der Waals surface area (Å²) in [6, 6.07) is 12.3. The first kappa shape index (κ1) is 21.5. The van der Waals surface area contributed by atoms with Crippen LogP contribution in [0, 0.1) is 11.3 Å². The highest BCUT2D eigenvalue weighted by Gasteiger charge is 2.41. The third-order valence-electron chi connectivity index (χ3n) is 7.93. The Balaban J connectivity index is 1.26. The zero-order valence-electron chi connectivity index (χ0n) is 20.1. The number of aromatic nitrogens is 2. The summed E-state index contributed by atoms with van der Waals surface area (Å²) >= 11 is 0. The second-order valence-electron chi connectivity index (χ2n) is 10.7. The van der Waals surface area contributed by atoms with Gasteiger partial charge in [0.2, 0.25) is 0 Å². The molecule has 7 heteroatoms. The van der Waals surface area contributed by atoms with Crippen molar-refractivity contribution in [1.29, 1.82) is 0 Å². The number of nitrogens with zero attached hydrogens (tertiary/aromatic N) is 3. The summed E-state index contributed by atoms with van der Waals surface area (Å²) in [7, 11) is 1.95. The number of nitrogens with one attached hydrogen (secondary N) is 1. The van der Waals surface area contributed by atoms with E-state index in [0.717, 1.165) is 65.8 Å². The lowest BCUT2D eigenvalue weighted by Crippen LogP contribution is -2.53. The molecule has 1 N–H and O–H groups in total. The summed E-state index contributed by atoms with van der Waals surface area (Å²) in [4.78, 5) is 15.4. The van der Waals surface area contributed by atoms with Gasteiger partial charge >= 0.3 is 6.09 Å². The minimum Gasteiger partial charge on any atom is -0.493 e. The molecule has 3 aromatic rings. The van der Waals surface area contributed by atoms with Gasteiger partial charge in [-0.25, -0.2) is 4.79 Å². The van der Waals surface area contributed by atoms with Gasteiger partial charge in [0.15, 0.2) is 0 Å². The van der Waals surface area contributed by atoms with Crippen LogP contribution in [0.4, 0.5) is 4.79 Å². The van der Waals surface area contributed by atoms with Gasteiger partial charge in [0, 0.05) is 30.0 Å². The number of fused-ring (bicyclic) bond motifs is 5. The second kappa shape index (κ2) is 8.01. The smallest absolute Gasteiger partial charge is 0.407 e. The van der Waals surface area contributed by atoms with Crippen molar-refractivity contribution in [2.45, 2.75) is 38.8 Å². The molecule has 1 amide bonds. The minimum atomic E-state index is -0.325. The SMILES string of the molecule is Cn1ncc2c(-c3ccc4c(c3)OCC(C)(C)C4NC(=O)O[C@@H]3CN4CCC3CC4)cccc21. The fraction of sp³-hybridized carbons (Fsp3) is 0.481. The number of hydrogen-bond donors (Lipinski definition) is 1. The topological polar surface area (TPSA) is 68.6 Å². The molecule has 5 heterocycles. The average molecular weight is 461 g/mol. The van der Waals surface area contributed by atoms with Crippen LogP contribution < -0.4 is 10.1 Å². The van der Waals surface area contributed by atoms with E-state index >= 15 is 0 Å². The molecule has 0 radical (unpaired) electrons. The summed E-state index contributed by atoms with van der Waals surface area (Å²) in [5.41, 5.74) is 4.02. The van der Waals surface area contributed by atoms with Crippen LogP contribution in [0.5, 0.6) is 5.75 Å². The van der Waals surface area contributed by atoms with Crippen LogP contribution >= 0.6 is 0 Å². The number of hydrogen-bond acceptors (Lipinski definition) is 5. The van der Waals surface area contributed by atoms with E-state index in [1.165, 1.54) is 0 Å². The number of aryl methyl sites for hydroxylation is 1. The Labute approximate surface area is 200 Å². The summed E-state index contributed by atoms with van der Waals surface area (Å²) in [6.07, 6.45) is 3.82. The van der Waals surface area contributed by atoms with Crippen molar-refractivity contribution in [2.75, 3.05) is 26.2 Å². The molecular formula is C27H32N4O3. The fourth-order valence-electron chi connectivity index (χ4n) is 5.87. The lowest BCUT2D eigenvalue weighted by Gasteiger charge is -2.44. The Bertz CT molecular complexity index is 1240. The van der Waals surface area contributed by atoms with Gasteiger partial charge in [-0.3, -0.25) is 9.58 Å². The molecular weight excluding hydrogens is 428 g/mol. The largest absolute Gasteiger partial charge is 0.493 e. The number of carbonyl (C=O) groups excluding carboxylic acids is 1. The lowest BCUT2D eigenvalue weighted by atomic mass is 9.78. The Kier molecular flexibility index (Phi) is 5.06. The van der Waals surface area contributed by atoms with Gasteiger partial charge in [-0.05, 0) is 55.1 Å². The molecule has 34 heavy (non-hydrogen) atoms. The molecule has 0 saturated carbocycles. The Morgan fingerprint density at radius 2 is 2.03 bits per heavy atom. The first-order chi connectivity index (χ1) is 16.4. The van der Waals surface area contributed by atoms with Crippen molar-refractivity contribution in [3.05, 3.63) is 48.2 Å². The third-order valence-corrected chi connectivity index (χ3v) is 7.93. The highest BCUT2D eigenvalue weighted by molar-refractivity contribution is 5.95. The van der Waals surface area contributed by atoms with Crippen LogP contribution in [-0.4, -0.2) is 53.1 Å². The predicted molar refractivity (Wildman–Crippen MR) is 131 cm³/mol. The van der Waals surface area contributed by atoms with Gasteiger partial charge in [0.05, 0.1) is 24.4 Å². The molecule has 0 aliphatic carbocycles. The molecule has 2 aromatic carbocycles. The number of benzene rings is 2. The van der Waals surface area contributed by atoms with Crippen molar-refractivity contribution in [3.8, 4) is 16.9 Å². The number of carbonyl (C=O) groups is 1. The standard InChI is InChI=1S/C27H32N4O3/c1-27(2)16-33-23-13-18(19-5-4-6-22-21(19)14-28-30(22)3)7-8-20(23)25(27)29-26(32)34-24-15-31-11-9-17(24)10-12-31/h4-8,13-14,17,24-25H,9-12,15-16H2,1-3H3,(H,29,32)/t24-,25?/m1/s1. The van der Waals surface area contributed by atoms with Gasteiger partial charge in [0.1, 0.15) is 11.9 Å². The van der Waals surface area contributed by atoms with Gasteiger partial charge in [-0.1, -0.05) is 38.1 Å². The molecule has 4 aliphatic heterocycles. The van der Waals surface area contributed by atoms with E-state index < -0.39 is 0 Å². The number of amides is 1. The van der Waals surface area contributed by atoms with Gasteiger partial charge in [-0.15, -0.1) is 0 Å². The molecule has 7 nitrogen and oxygen atoms in total. The summed E-state index contributed by atoms with van der Waals surface area (Å²) in [5, 5.41) is 8.72. The normalized spacial score (nSPS) is 27.1. The molecule has 1 unspecified atom stereocenters. The molecule has 1 aromatic heterocycles. The number of piperidine rings is 3. The highest BCUT2D eigenvalue weighted by Crippen LogP contribution is 2.45. The third kappa shape index (κ3) is 3.63. The minimum absolute atomic E-state index is 0.00716. The molecule has 7 rings (SSSR count). The quantitative estimate of drug-likeness (QED) is 0.622. The molecule has 2 atom stereocenters. The molecule has 4 aliphatic rings. The summed E-state index contributed by atoms with van der Waals surface area (Å²) < 4.78 is 14.0. The van der Waals surface area contributed by atoms with Gasteiger partial charge < -0.3 is 14.8 Å². The lowest BCUT2D eigenvalue weighted by molar-refractivity contribution is -0.0361.